The van der Waals surface area contributed by atoms with Gasteiger partial charge < -0.3 is 21.3 Å². The minimum atomic E-state index is -1.13. The molecule has 0 aliphatic heterocycles. The predicted octanol–water partition coefficient (Wildman–Crippen LogP) is -0.400. The lowest BCUT2D eigenvalue weighted by Crippen LogP contribution is -2.47. The summed E-state index contributed by atoms with van der Waals surface area (Å²) >= 11 is 0. The van der Waals surface area contributed by atoms with Crippen molar-refractivity contribution < 1.29 is 19.8 Å². The number of hydrogen-bond acceptors (Lipinski definition) is 4. The quantitative estimate of drug-likeness (QED) is 0.508. The van der Waals surface area contributed by atoms with Crippen LogP contribution in [0.4, 0.5) is 0 Å². The largest absolute Gasteiger partial charge is 0.480 e. The summed E-state index contributed by atoms with van der Waals surface area (Å²) in [7, 11) is 0. The first kappa shape index (κ1) is 13.9. The molecule has 0 spiro atoms. The third-order valence-corrected chi connectivity index (χ3v) is 3.16. The Morgan fingerprint density at radius 1 is 1.35 bits per heavy atom. The highest BCUT2D eigenvalue weighted by Gasteiger charge is 2.32. The Kier molecular flexibility index (Phi) is 4.89. The van der Waals surface area contributed by atoms with Gasteiger partial charge in [0, 0.05) is 25.0 Å². The van der Waals surface area contributed by atoms with E-state index < -0.39 is 17.6 Å². The monoisotopic (exact) mass is 244 g/mol. The maximum atomic E-state index is 11.7. The molecule has 5 N–H and O–H groups in total. The molecule has 17 heavy (non-hydrogen) atoms. The lowest BCUT2D eigenvalue weighted by Gasteiger charge is -2.23. The lowest BCUT2D eigenvalue weighted by atomic mass is 9.94. The van der Waals surface area contributed by atoms with E-state index in [1.54, 1.807) is 0 Å². The minimum Gasteiger partial charge on any atom is -0.480 e. The lowest BCUT2D eigenvalue weighted by molar-refractivity contribution is -0.142. The van der Waals surface area contributed by atoms with E-state index in [0.29, 0.717) is 0 Å². The fourth-order valence-corrected chi connectivity index (χ4v) is 2.21. The molecule has 1 fully saturated rings. The average molecular weight is 244 g/mol. The zero-order chi connectivity index (χ0) is 12.9. The molecule has 0 aromatic carbocycles. The average Bonchev–Trinajstić information content (AvgIpc) is 2.63. The Bertz CT molecular complexity index is 287. The fraction of sp³-hybridized carbons (Fsp3) is 0.818. The summed E-state index contributed by atoms with van der Waals surface area (Å²) < 4.78 is 0. The summed E-state index contributed by atoms with van der Waals surface area (Å²) in [4.78, 5) is 22.4. The maximum absolute atomic E-state index is 11.7. The van der Waals surface area contributed by atoms with Crippen molar-refractivity contribution in [1.29, 1.82) is 0 Å². The topological polar surface area (TPSA) is 113 Å². The van der Waals surface area contributed by atoms with Crippen LogP contribution in [0, 0.1) is 0 Å². The maximum Gasteiger partial charge on any atom is 0.326 e. The molecule has 0 aromatic rings. The van der Waals surface area contributed by atoms with E-state index in [1.807, 2.05) is 0 Å². The second-order valence-electron chi connectivity index (χ2n) is 4.72. The number of aliphatic hydroxyl groups excluding tert-OH is 1. The first-order valence-electron chi connectivity index (χ1n) is 5.89. The molecular formula is C11H20N2O4. The van der Waals surface area contributed by atoms with Crippen molar-refractivity contribution in [3.63, 3.8) is 0 Å². The second kappa shape index (κ2) is 5.97. The smallest absolute Gasteiger partial charge is 0.326 e. The standard InChI is InChI=1S/C11H20N2O4/c12-11(4-1-2-5-11)7-9(15)13-8(3-6-14)10(16)17/h8,14H,1-7,12H2,(H,13,15)(H,16,17)/t8-/m1/s1. The Labute approximate surface area is 100 Å². The van der Waals surface area contributed by atoms with Crippen molar-refractivity contribution in [3.05, 3.63) is 0 Å². The Morgan fingerprint density at radius 2 is 1.94 bits per heavy atom. The molecule has 0 heterocycles. The van der Waals surface area contributed by atoms with Crippen molar-refractivity contribution in [1.82, 2.24) is 5.32 Å². The number of hydrogen-bond donors (Lipinski definition) is 4. The molecule has 1 aliphatic carbocycles. The van der Waals surface area contributed by atoms with Crippen LogP contribution in [0.5, 0.6) is 0 Å². The van der Waals surface area contributed by atoms with E-state index in [1.165, 1.54) is 0 Å². The van der Waals surface area contributed by atoms with Crippen LogP contribution >= 0.6 is 0 Å². The van der Waals surface area contributed by atoms with Crippen molar-refractivity contribution in [3.8, 4) is 0 Å². The molecule has 1 rings (SSSR count). The van der Waals surface area contributed by atoms with Gasteiger partial charge in [-0.2, -0.15) is 0 Å². The minimum absolute atomic E-state index is 0.0125. The number of aliphatic hydroxyl groups is 1. The van der Waals surface area contributed by atoms with Gasteiger partial charge in [-0.15, -0.1) is 0 Å². The number of aliphatic carboxylic acids is 1. The number of nitrogens with one attached hydrogen (secondary N) is 1. The summed E-state index contributed by atoms with van der Waals surface area (Å²) in [6.07, 6.45) is 3.81. The molecule has 6 nitrogen and oxygen atoms in total. The van der Waals surface area contributed by atoms with Gasteiger partial charge >= 0.3 is 5.97 Å². The number of carboxylic acid groups (broad SMARTS) is 1. The summed E-state index contributed by atoms with van der Waals surface area (Å²) in [5.41, 5.74) is 5.55. The van der Waals surface area contributed by atoms with Crippen molar-refractivity contribution >= 4 is 11.9 Å². The van der Waals surface area contributed by atoms with Crippen LogP contribution in [0.15, 0.2) is 0 Å². The number of nitrogens with two attached hydrogens (primary N) is 1. The van der Waals surface area contributed by atoms with E-state index >= 15 is 0 Å². The number of carbonyl (C=O) groups excluding carboxylic acids is 1. The van der Waals surface area contributed by atoms with Gasteiger partial charge in [0.05, 0.1) is 0 Å². The van der Waals surface area contributed by atoms with Crippen LogP contribution in [-0.4, -0.2) is 40.3 Å². The molecule has 98 valence electrons. The highest BCUT2D eigenvalue weighted by molar-refractivity contribution is 5.84. The Balaban J connectivity index is 2.44. The van der Waals surface area contributed by atoms with Crippen LogP contribution in [0.3, 0.4) is 0 Å². The number of carbonyl (C=O) groups is 2. The molecule has 0 bridgehead atoms. The van der Waals surface area contributed by atoms with E-state index in [4.69, 9.17) is 15.9 Å². The van der Waals surface area contributed by atoms with E-state index in [9.17, 15) is 9.59 Å². The van der Waals surface area contributed by atoms with E-state index in [2.05, 4.69) is 5.32 Å². The predicted molar refractivity (Wildman–Crippen MR) is 61.3 cm³/mol. The number of amides is 1. The van der Waals surface area contributed by atoms with Crippen molar-refractivity contribution in [2.45, 2.75) is 50.1 Å². The van der Waals surface area contributed by atoms with Gasteiger partial charge in [-0.1, -0.05) is 12.8 Å². The number of carboxylic acids is 1. The van der Waals surface area contributed by atoms with Crippen LogP contribution < -0.4 is 11.1 Å². The van der Waals surface area contributed by atoms with Gasteiger partial charge in [0.1, 0.15) is 6.04 Å². The van der Waals surface area contributed by atoms with Gasteiger partial charge in [0.25, 0.3) is 0 Å². The first-order chi connectivity index (χ1) is 7.97. The summed E-state index contributed by atoms with van der Waals surface area (Å²) in [5.74, 6) is -1.49. The Hall–Kier alpha value is -1.14. The molecule has 0 saturated heterocycles. The molecule has 0 radical (unpaired) electrons. The second-order valence-corrected chi connectivity index (χ2v) is 4.72. The van der Waals surface area contributed by atoms with Crippen molar-refractivity contribution in [2.24, 2.45) is 5.73 Å². The van der Waals surface area contributed by atoms with Crippen LogP contribution in [0.1, 0.15) is 38.5 Å². The first-order valence-corrected chi connectivity index (χ1v) is 5.89. The molecule has 6 heteroatoms. The summed E-state index contributed by atoms with van der Waals surface area (Å²) in [6.45, 7) is -0.273. The highest BCUT2D eigenvalue weighted by Crippen LogP contribution is 2.29. The van der Waals surface area contributed by atoms with Gasteiger partial charge in [0.2, 0.25) is 5.91 Å². The summed E-state index contributed by atoms with van der Waals surface area (Å²) in [6, 6.07) is -1.03. The van der Waals surface area contributed by atoms with Crippen LogP contribution in [-0.2, 0) is 9.59 Å². The molecule has 1 amide bonds. The normalized spacial score (nSPS) is 19.9. The SMILES string of the molecule is NC1(CC(=O)N[C@H](CCO)C(=O)O)CCCC1. The van der Waals surface area contributed by atoms with Gasteiger partial charge in [-0.25, -0.2) is 4.79 Å². The summed E-state index contributed by atoms with van der Waals surface area (Å²) in [5, 5.41) is 19.9. The van der Waals surface area contributed by atoms with Gasteiger partial charge in [0.15, 0.2) is 0 Å². The molecule has 1 atom stereocenters. The number of rotatable bonds is 6. The Morgan fingerprint density at radius 3 is 2.41 bits per heavy atom. The molecule has 1 aliphatic rings. The zero-order valence-corrected chi connectivity index (χ0v) is 9.82. The molecule has 0 unspecified atom stereocenters. The molecule has 0 aromatic heterocycles. The fourth-order valence-electron chi connectivity index (χ4n) is 2.21. The van der Waals surface area contributed by atoms with E-state index in [-0.39, 0.29) is 25.4 Å². The van der Waals surface area contributed by atoms with Crippen molar-refractivity contribution in [2.75, 3.05) is 6.61 Å². The third kappa shape index (κ3) is 4.32. The highest BCUT2D eigenvalue weighted by atomic mass is 16.4. The molecule has 1 saturated carbocycles. The third-order valence-electron chi connectivity index (χ3n) is 3.16. The van der Waals surface area contributed by atoms with Crippen LogP contribution in [0.25, 0.3) is 0 Å². The molecular weight excluding hydrogens is 224 g/mol. The van der Waals surface area contributed by atoms with Gasteiger partial charge in [-0.3, -0.25) is 4.79 Å². The van der Waals surface area contributed by atoms with Gasteiger partial charge in [-0.05, 0) is 12.8 Å². The zero-order valence-electron chi connectivity index (χ0n) is 9.82. The van der Waals surface area contributed by atoms with Crippen LogP contribution in [0.2, 0.25) is 0 Å². The van der Waals surface area contributed by atoms with E-state index in [0.717, 1.165) is 25.7 Å².